The minimum Gasteiger partial charge on any atom is -0.495 e. The Hall–Kier alpha value is -1.99. The number of amides is 3. The summed E-state index contributed by atoms with van der Waals surface area (Å²) in [5, 5.41) is 9.86. The predicted molar refractivity (Wildman–Crippen MR) is 113 cm³/mol. The van der Waals surface area contributed by atoms with Crippen LogP contribution in [0.1, 0.15) is 37.7 Å². The van der Waals surface area contributed by atoms with Crippen molar-refractivity contribution in [3.05, 3.63) is 28.8 Å². The van der Waals surface area contributed by atoms with Crippen LogP contribution in [0.4, 0.5) is 4.79 Å². The van der Waals surface area contributed by atoms with Crippen LogP contribution in [-0.2, 0) is 11.2 Å². The van der Waals surface area contributed by atoms with Gasteiger partial charge in [-0.3, -0.25) is 4.79 Å². The van der Waals surface area contributed by atoms with Crippen LogP contribution in [0.3, 0.4) is 0 Å². The van der Waals surface area contributed by atoms with E-state index in [4.69, 9.17) is 16.3 Å². The third-order valence-corrected chi connectivity index (χ3v) is 5.94. The molecule has 1 aliphatic heterocycles. The summed E-state index contributed by atoms with van der Waals surface area (Å²) in [6.07, 6.45) is 6.39. The molecule has 160 valence electrons. The molecule has 1 aromatic carbocycles. The molecule has 2 fully saturated rings. The fraction of sp³-hybridized carbons (Fsp3) is 0.619. The number of halogens is 1. The second kappa shape index (κ2) is 10.7. The predicted octanol–water partition coefficient (Wildman–Crippen LogP) is 2.32. The summed E-state index contributed by atoms with van der Waals surface area (Å²) in [5.74, 6) is 0.553. The molecule has 3 rings (SSSR count). The Morgan fingerprint density at radius 3 is 2.79 bits per heavy atom. The molecular weight excluding hydrogens is 392 g/mol. The maximum absolute atomic E-state index is 12.6. The molecule has 3 N–H and O–H groups in total. The minimum absolute atomic E-state index is 0.0518. The van der Waals surface area contributed by atoms with E-state index in [0.29, 0.717) is 43.4 Å². The first-order valence-electron chi connectivity index (χ1n) is 10.5. The number of hydrogen-bond donors (Lipinski definition) is 3. The van der Waals surface area contributed by atoms with Gasteiger partial charge in [-0.1, -0.05) is 36.9 Å². The number of hydrogen-bond acceptors (Lipinski definition) is 4. The number of carbonyl (C=O) groups excluding carboxylic acids is 2. The molecule has 2 aliphatic rings. The lowest BCUT2D eigenvalue weighted by Gasteiger charge is -2.34. The lowest BCUT2D eigenvalue weighted by Crippen LogP contribution is -2.60. The molecule has 1 heterocycles. The molecule has 1 saturated heterocycles. The van der Waals surface area contributed by atoms with Gasteiger partial charge in [-0.2, -0.15) is 0 Å². The fourth-order valence-electron chi connectivity index (χ4n) is 3.94. The summed E-state index contributed by atoms with van der Waals surface area (Å²) in [6, 6.07) is 5.44. The summed E-state index contributed by atoms with van der Waals surface area (Å²) >= 11 is 6.14. The summed E-state index contributed by atoms with van der Waals surface area (Å²) in [5.41, 5.74) is 1.03. The van der Waals surface area contributed by atoms with Gasteiger partial charge >= 0.3 is 6.03 Å². The van der Waals surface area contributed by atoms with Crippen molar-refractivity contribution in [3.8, 4) is 5.75 Å². The van der Waals surface area contributed by atoms with Crippen molar-refractivity contribution in [2.24, 2.45) is 0 Å². The molecule has 1 unspecified atom stereocenters. The maximum atomic E-state index is 12.6. The van der Waals surface area contributed by atoms with E-state index in [1.807, 2.05) is 18.2 Å². The number of ether oxygens (including phenoxy) is 1. The molecule has 8 heteroatoms. The van der Waals surface area contributed by atoms with Gasteiger partial charge in [0.05, 0.1) is 12.1 Å². The second-order valence-electron chi connectivity index (χ2n) is 7.75. The van der Waals surface area contributed by atoms with Crippen LogP contribution in [0, 0.1) is 0 Å². The van der Waals surface area contributed by atoms with Crippen molar-refractivity contribution in [1.29, 1.82) is 0 Å². The van der Waals surface area contributed by atoms with Crippen molar-refractivity contribution in [2.75, 3.05) is 33.3 Å². The van der Waals surface area contributed by atoms with E-state index in [2.05, 4.69) is 16.0 Å². The number of piperazine rings is 1. The number of nitrogens with one attached hydrogen (secondary N) is 3. The topological polar surface area (TPSA) is 82.7 Å². The summed E-state index contributed by atoms with van der Waals surface area (Å²) in [7, 11) is 1.58. The Kier molecular flexibility index (Phi) is 8.00. The molecule has 1 aliphatic carbocycles. The molecular formula is C21H31ClN4O3. The van der Waals surface area contributed by atoms with Gasteiger partial charge in [0, 0.05) is 32.2 Å². The third-order valence-electron chi connectivity index (χ3n) is 5.64. The van der Waals surface area contributed by atoms with E-state index in [1.54, 1.807) is 12.0 Å². The molecule has 0 bridgehead atoms. The van der Waals surface area contributed by atoms with Gasteiger partial charge in [0.25, 0.3) is 0 Å². The average Bonchev–Trinajstić information content (AvgIpc) is 2.74. The second-order valence-corrected chi connectivity index (χ2v) is 8.15. The van der Waals surface area contributed by atoms with Crippen LogP contribution in [-0.4, -0.2) is 62.2 Å². The number of carbonyl (C=O) groups is 2. The maximum Gasteiger partial charge on any atom is 0.317 e. The lowest BCUT2D eigenvalue weighted by atomic mass is 9.96. The molecule has 3 amide bonds. The zero-order chi connectivity index (χ0) is 20.6. The molecule has 1 saturated carbocycles. The summed E-state index contributed by atoms with van der Waals surface area (Å²) in [6.45, 7) is 2.13. The third kappa shape index (κ3) is 6.24. The van der Waals surface area contributed by atoms with Gasteiger partial charge < -0.3 is 25.6 Å². The van der Waals surface area contributed by atoms with E-state index < -0.39 is 0 Å². The van der Waals surface area contributed by atoms with Gasteiger partial charge in [-0.05, 0) is 37.0 Å². The average molecular weight is 423 g/mol. The highest BCUT2D eigenvalue weighted by Gasteiger charge is 2.29. The highest BCUT2D eigenvalue weighted by atomic mass is 35.5. The fourth-order valence-corrected chi connectivity index (χ4v) is 4.22. The number of rotatable bonds is 6. The van der Waals surface area contributed by atoms with Gasteiger partial charge in [0.2, 0.25) is 5.91 Å². The van der Waals surface area contributed by atoms with Gasteiger partial charge in [0.15, 0.2) is 0 Å². The van der Waals surface area contributed by atoms with Crippen LogP contribution in [0.5, 0.6) is 5.75 Å². The first kappa shape index (κ1) is 21.7. The van der Waals surface area contributed by atoms with Crippen LogP contribution in [0.2, 0.25) is 5.02 Å². The Bertz CT molecular complexity index is 709. The first-order chi connectivity index (χ1) is 14.1. The van der Waals surface area contributed by atoms with E-state index >= 15 is 0 Å². The SMILES string of the molecule is COc1ccc(CCNC(=O)C2CN(C(=O)NC3CCCCC3)CCN2)cc1Cl. The smallest absolute Gasteiger partial charge is 0.317 e. The van der Waals surface area contributed by atoms with Crippen molar-refractivity contribution in [2.45, 2.75) is 50.6 Å². The minimum atomic E-state index is -0.389. The van der Waals surface area contributed by atoms with Crippen LogP contribution in [0.25, 0.3) is 0 Å². The van der Waals surface area contributed by atoms with E-state index in [9.17, 15) is 9.59 Å². The Morgan fingerprint density at radius 2 is 2.07 bits per heavy atom. The van der Waals surface area contributed by atoms with E-state index in [-0.39, 0.29) is 24.0 Å². The zero-order valence-electron chi connectivity index (χ0n) is 17.0. The Labute approximate surface area is 177 Å². The number of nitrogens with zero attached hydrogens (tertiary/aromatic N) is 1. The Morgan fingerprint density at radius 1 is 1.28 bits per heavy atom. The Balaban J connectivity index is 1.43. The first-order valence-corrected chi connectivity index (χ1v) is 10.8. The summed E-state index contributed by atoms with van der Waals surface area (Å²) < 4.78 is 5.15. The van der Waals surface area contributed by atoms with Crippen molar-refractivity contribution in [3.63, 3.8) is 0 Å². The highest BCUT2D eigenvalue weighted by molar-refractivity contribution is 6.32. The molecule has 1 atom stereocenters. The standard InChI is InChI=1S/C21H31ClN4O3/c1-29-19-8-7-15(13-17(19)22)9-10-24-20(27)18-14-26(12-11-23-18)21(28)25-16-5-3-2-4-6-16/h7-8,13,16,18,23H,2-6,9-12,14H2,1H3,(H,24,27)(H,25,28). The van der Waals surface area contributed by atoms with E-state index in [1.165, 1.54) is 19.3 Å². The van der Waals surface area contributed by atoms with Crippen LogP contribution < -0.4 is 20.7 Å². The normalized spacial score (nSPS) is 20.2. The van der Waals surface area contributed by atoms with Gasteiger partial charge in [-0.25, -0.2) is 4.79 Å². The number of benzene rings is 1. The van der Waals surface area contributed by atoms with Crippen molar-refractivity contribution >= 4 is 23.5 Å². The monoisotopic (exact) mass is 422 g/mol. The van der Waals surface area contributed by atoms with Crippen LogP contribution in [0.15, 0.2) is 18.2 Å². The lowest BCUT2D eigenvalue weighted by molar-refractivity contribution is -0.123. The molecule has 29 heavy (non-hydrogen) atoms. The zero-order valence-corrected chi connectivity index (χ0v) is 17.8. The largest absolute Gasteiger partial charge is 0.495 e. The van der Waals surface area contributed by atoms with Gasteiger partial charge in [-0.15, -0.1) is 0 Å². The van der Waals surface area contributed by atoms with E-state index in [0.717, 1.165) is 18.4 Å². The molecule has 0 spiro atoms. The number of urea groups is 1. The quantitative estimate of drug-likeness (QED) is 0.657. The highest BCUT2D eigenvalue weighted by Crippen LogP contribution is 2.25. The van der Waals surface area contributed by atoms with Crippen molar-refractivity contribution in [1.82, 2.24) is 20.9 Å². The van der Waals surface area contributed by atoms with Crippen molar-refractivity contribution < 1.29 is 14.3 Å². The number of methoxy groups -OCH3 is 1. The summed E-state index contributed by atoms with van der Waals surface area (Å²) in [4.78, 5) is 26.8. The van der Waals surface area contributed by atoms with Crippen LogP contribution >= 0.6 is 11.6 Å². The molecule has 7 nitrogen and oxygen atoms in total. The molecule has 1 aromatic rings. The van der Waals surface area contributed by atoms with Gasteiger partial charge in [0.1, 0.15) is 11.8 Å². The molecule has 0 radical (unpaired) electrons. The molecule has 0 aromatic heterocycles.